The average Bonchev–Trinajstić information content (AvgIpc) is 2.27. The summed E-state index contributed by atoms with van der Waals surface area (Å²) >= 11 is 0. The quantitative estimate of drug-likeness (QED) is 0.755. The molecule has 3 N–H and O–H groups in total. The second-order valence-corrected chi connectivity index (χ2v) is 3.93. The summed E-state index contributed by atoms with van der Waals surface area (Å²) in [6, 6.07) is 1.88. The van der Waals surface area contributed by atoms with Gasteiger partial charge in [0.1, 0.15) is 5.82 Å². The molecular formula is C11H15F3N2O2. The summed E-state index contributed by atoms with van der Waals surface area (Å²) in [5.74, 6) is 0.104. The second kappa shape index (κ2) is 6.01. The van der Waals surface area contributed by atoms with Crippen LogP contribution in [0.15, 0.2) is 12.1 Å². The Hall–Kier alpha value is -1.34. The standard InChI is InChI=1S/C11H15F3N2O2/c1-7-4-8(11(12,13)14)5-10(16-7)15-3-2-9(18)6-17/h4-5,9,17-18H,2-3,6H2,1H3,(H,15,16)/t9-/m0/s1. The number of aromatic nitrogens is 1. The van der Waals surface area contributed by atoms with Crippen LogP contribution in [0.4, 0.5) is 19.0 Å². The molecule has 0 spiro atoms. The predicted molar refractivity (Wildman–Crippen MR) is 60.2 cm³/mol. The van der Waals surface area contributed by atoms with Gasteiger partial charge in [-0.15, -0.1) is 0 Å². The van der Waals surface area contributed by atoms with Gasteiger partial charge in [0.25, 0.3) is 0 Å². The number of halogens is 3. The van der Waals surface area contributed by atoms with Crippen molar-refractivity contribution in [1.82, 2.24) is 4.98 Å². The monoisotopic (exact) mass is 264 g/mol. The Morgan fingerprint density at radius 1 is 1.39 bits per heavy atom. The third kappa shape index (κ3) is 4.50. The normalized spacial score (nSPS) is 13.4. The summed E-state index contributed by atoms with van der Waals surface area (Å²) in [6.45, 7) is 1.33. The highest BCUT2D eigenvalue weighted by Gasteiger charge is 2.31. The number of nitrogens with zero attached hydrogens (tertiary/aromatic N) is 1. The number of anilines is 1. The van der Waals surface area contributed by atoms with E-state index in [2.05, 4.69) is 10.3 Å². The number of hydrogen-bond donors (Lipinski definition) is 3. The van der Waals surface area contributed by atoms with Crippen molar-refractivity contribution in [3.8, 4) is 0 Å². The molecule has 1 heterocycles. The number of nitrogens with one attached hydrogen (secondary N) is 1. The molecule has 1 atom stereocenters. The molecule has 0 saturated heterocycles. The van der Waals surface area contributed by atoms with Crippen molar-refractivity contribution in [2.45, 2.75) is 25.6 Å². The Balaban J connectivity index is 2.69. The average molecular weight is 264 g/mol. The molecule has 0 fully saturated rings. The summed E-state index contributed by atoms with van der Waals surface area (Å²) < 4.78 is 37.6. The Bertz CT molecular complexity index is 396. The third-order valence-corrected chi connectivity index (χ3v) is 2.28. The molecule has 18 heavy (non-hydrogen) atoms. The van der Waals surface area contributed by atoms with Gasteiger partial charge in [-0.25, -0.2) is 4.98 Å². The minimum Gasteiger partial charge on any atom is -0.394 e. The third-order valence-electron chi connectivity index (χ3n) is 2.28. The van der Waals surface area contributed by atoms with Crippen LogP contribution in [0.3, 0.4) is 0 Å². The zero-order chi connectivity index (χ0) is 13.8. The molecule has 7 heteroatoms. The fourth-order valence-electron chi connectivity index (χ4n) is 1.38. The summed E-state index contributed by atoms with van der Waals surface area (Å²) in [6.07, 6.45) is -5.06. The number of alkyl halides is 3. The maximum atomic E-state index is 12.5. The lowest BCUT2D eigenvalue weighted by Crippen LogP contribution is -2.17. The summed E-state index contributed by atoms with van der Waals surface area (Å²) in [5.41, 5.74) is -0.504. The van der Waals surface area contributed by atoms with Crippen molar-refractivity contribution in [1.29, 1.82) is 0 Å². The van der Waals surface area contributed by atoms with Crippen LogP contribution in [-0.2, 0) is 6.18 Å². The van der Waals surface area contributed by atoms with E-state index in [1.165, 1.54) is 6.92 Å². The van der Waals surface area contributed by atoms with E-state index in [9.17, 15) is 13.2 Å². The van der Waals surface area contributed by atoms with Crippen LogP contribution < -0.4 is 5.32 Å². The lowest BCUT2D eigenvalue weighted by atomic mass is 10.2. The zero-order valence-corrected chi connectivity index (χ0v) is 9.83. The molecule has 0 bridgehead atoms. The number of aryl methyl sites for hydroxylation is 1. The van der Waals surface area contributed by atoms with Crippen LogP contribution in [0.5, 0.6) is 0 Å². The number of rotatable bonds is 5. The highest BCUT2D eigenvalue weighted by molar-refractivity contribution is 5.40. The van der Waals surface area contributed by atoms with Crippen LogP contribution in [0, 0.1) is 6.92 Å². The first-order chi connectivity index (χ1) is 8.32. The summed E-state index contributed by atoms with van der Waals surface area (Å²) in [4.78, 5) is 3.91. The molecule has 1 aromatic rings. The minimum absolute atomic E-state index is 0.104. The van der Waals surface area contributed by atoms with E-state index in [1.807, 2.05) is 0 Å². The maximum Gasteiger partial charge on any atom is 0.416 e. The topological polar surface area (TPSA) is 65.4 Å². The smallest absolute Gasteiger partial charge is 0.394 e. The van der Waals surface area contributed by atoms with Gasteiger partial charge in [-0.05, 0) is 25.5 Å². The van der Waals surface area contributed by atoms with Crippen molar-refractivity contribution < 1.29 is 23.4 Å². The van der Waals surface area contributed by atoms with E-state index in [1.54, 1.807) is 0 Å². The highest BCUT2D eigenvalue weighted by atomic mass is 19.4. The number of pyridine rings is 1. The molecule has 0 aromatic carbocycles. The van der Waals surface area contributed by atoms with Crippen LogP contribution in [-0.4, -0.2) is 34.5 Å². The molecule has 0 aliphatic carbocycles. The van der Waals surface area contributed by atoms with E-state index in [4.69, 9.17) is 10.2 Å². The molecule has 1 rings (SSSR count). The van der Waals surface area contributed by atoms with Gasteiger partial charge in [0.2, 0.25) is 0 Å². The van der Waals surface area contributed by atoms with Gasteiger partial charge >= 0.3 is 6.18 Å². The molecule has 102 valence electrons. The van der Waals surface area contributed by atoms with Gasteiger partial charge in [-0.3, -0.25) is 0 Å². The van der Waals surface area contributed by atoms with Crippen LogP contribution >= 0.6 is 0 Å². The molecule has 0 radical (unpaired) electrons. The SMILES string of the molecule is Cc1cc(C(F)(F)F)cc(NCC[C@H](O)CO)n1. The number of aliphatic hydroxyl groups excluding tert-OH is 2. The van der Waals surface area contributed by atoms with Gasteiger partial charge in [0.05, 0.1) is 18.3 Å². The van der Waals surface area contributed by atoms with Crippen molar-refractivity contribution >= 4 is 5.82 Å². The summed E-state index contributed by atoms with van der Waals surface area (Å²) in [7, 11) is 0. The number of aliphatic hydroxyl groups is 2. The lowest BCUT2D eigenvalue weighted by Gasteiger charge is -2.12. The molecule has 0 amide bonds. The first kappa shape index (κ1) is 14.7. The highest BCUT2D eigenvalue weighted by Crippen LogP contribution is 2.30. The van der Waals surface area contributed by atoms with Crippen molar-refractivity contribution in [2.24, 2.45) is 0 Å². The largest absolute Gasteiger partial charge is 0.416 e. The van der Waals surface area contributed by atoms with E-state index < -0.39 is 17.8 Å². The molecule has 1 aromatic heterocycles. The molecular weight excluding hydrogens is 249 g/mol. The Labute approximate surface area is 102 Å². The van der Waals surface area contributed by atoms with Crippen LogP contribution in [0.25, 0.3) is 0 Å². The van der Waals surface area contributed by atoms with Gasteiger partial charge in [-0.1, -0.05) is 0 Å². The van der Waals surface area contributed by atoms with Crippen molar-refractivity contribution in [3.05, 3.63) is 23.4 Å². The van der Waals surface area contributed by atoms with Crippen molar-refractivity contribution in [3.63, 3.8) is 0 Å². The molecule has 0 aliphatic rings. The Morgan fingerprint density at radius 2 is 2.06 bits per heavy atom. The van der Waals surface area contributed by atoms with Crippen LogP contribution in [0.2, 0.25) is 0 Å². The van der Waals surface area contributed by atoms with Crippen LogP contribution in [0.1, 0.15) is 17.7 Å². The number of hydrogen-bond acceptors (Lipinski definition) is 4. The van der Waals surface area contributed by atoms with Crippen molar-refractivity contribution in [2.75, 3.05) is 18.5 Å². The second-order valence-electron chi connectivity index (χ2n) is 3.93. The first-order valence-electron chi connectivity index (χ1n) is 5.41. The first-order valence-corrected chi connectivity index (χ1v) is 5.41. The Morgan fingerprint density at radius 3 is 2.61 bits per heavy atom. The summed E-state index contributed by atoms with van der Waals surface area (Å²) in [5, 5.41) is 20.3. The fourth-order valence-corrected chi connectivity index (χ4v) is 1.38. The maximum absolute atomic E-state index is 12.5. The van der Waals surface area contributed by atoms with Gasteiger partial charge in [-0.2, -0.15) is 13.2 Å². The predicted octanol–water partition coefficient (Wildman–Crippen LogP) is 1.56. The minimum atomic E-state index is -4.41. The van der Waals surface area contributed by atoms with E-state index >= 15 is 0 Å². The van der Waals surface area contributed by atoms with E-state index in [0.29, 0.717) is 0 Å². The molecule has 0 aliphatic heterocycles. The molecule has 0 saturated carbocycles. The van der Waals surface area contributed by atoms with Gasteiger partial charge in [0.15, 0.2) is 0 Å². The molecule has 4 nitrogen and oxygen atoms in total. The van der Waals surface area contributed by atoms with Gasteiger partial charge in [0, 0.05) is 12.2 Å². The lowest BCUT2D eigenvalue weighted by molar-refractivity contribution is -0.137. The molecule has 0 unspecified atom stereocenters. The van der Waals surface area contributed by atoms with E-state index in [0.717, 1.165) is 12.1 Å². The zero-order valence-electron chi connectivity index (χ0n) is 9.83. The fraction of sp³-hybridized carbons (Fsp3) is 0.545. The Kier molecular flexibility index (Phi) is 4.92. The van der Waals surface area contributed by atoms with Gasteiger partial charge < -0.3 is 15.5 Å². The van der Waals surface area contributed by atoms with E-state index in [-0.39, 0.29) is 31.1 Å².